The maximum absolute atomic E-state index is 4.53. The zero-order chi connectivity index (χ0) is 15.5. The highest BCUT2D eigenvalue weighted by molar-refractivity contribution is 9.10. The summed E-state index contributed by atoms with van der Waals surface area (Å²) in [5.74, 6) is 1.09. The molecule has 22 heavy (non-hydrogen) atoms. The molecule has 0 saturated carbocycles. The van der Waals surface area contributed by atoms with E-state index in [0.717, 1.165) is 21.0 Å². The molecule has 112 valence electrons. The van der Waals surface area contributed by atoms with E-state index in [1.54, 1.807) is 10.9 Å². The molecule has 2 aromatic heterocycles. The highest BCUT2D eigenvalue weighted by Crippen LogP contribution is 2.26. The molecule has 1 aromatic carbocycles. The fourth-order valence-corrected chi connectivity index (χ4v) is 2.80. The monoisotopic (exact) mass is 376 g/mol. The molecule has 0 aliphatic carbocycles. The van der Waals surface area contributed by atoms with Crippen LogP contribution in [0, 0.1) is 0 Å². The van der Waals surface area contributed by atoms with Gasteiger partial charge in [0.15, 0.2) is 0 Å². The second-order valence-corrected chi connectivity index (χ2v) is 6.76. The summed E-state index contributed by atoms with van der Waals surface area (Å²) in [5, 5.41) is 13.4. The Morgan fingerprint density at radius 3 is 2.64 bits per heavy atom. The first kappa shape index (κ1) is 15.1. The first-order valence-corrected chi connectivity index (χ1v) is 8.29. The minimum absolute atomic E-state index is 0.281. The van der Waals surface area contributed by atoms with E-state index in [4.69, 9.17) is 0 Å². The van der Waals surface area contributed by atoms with Crippen LogP contribution in [-0.2, 0) is 0 Å². The van der Waals surface area contributed by atoms with Gasteiger partial charge in [0.25, 0.3) is 0 Å². The van der Waals surface area contributed by atoms with Gasteiger partial charge in [-0.3, -0.25) is 0 Å². The number of rotatable bonds is 4. The van der Waals surface area contributed by atoms with Gasteiger partial charge in [-0.15, -0.1) is 5.10 Å². The van der Waals surface area contributed by atoms with Crippen molar-refractivity contribution in [3.8, 4) is 5.69 Å². The van der Waals surface area contributed by atoms with Gasteiger partial charge in [-0.25, -0.2) is 9.97 Å². The molecule has 8 heteroatoms. The predicted molar refractivity (Wildman–Crippen MR) is 87.1 cm³/mol. The van der Waals surface area contributed by atoms with Crippen LogP contribution in [0.4, 0.5) is 0 Å². The highest BCUT2D eigenvalue weighted by atomic mass is 79.9. The minimum atomic E-state index is 0.281. The summed E-state index contributed by atoms with van der Waals surface area (Å²) in [7, 11) is 0. The third-order valence-electron chi connectivity index (χ3n) is 2.87. The summed E-state index contributed by atoms with van der Waals surface area (Å²) in [6.07, 6.45) is 1.76. The zero-order valence-corrected chi connectivity index (χ0v) is 14.4. The molecule has 0 bridgehead atoms. The Kier molecular flexibility index (Phi) is 4.49. The van der Waals surface area contributed by atoms with Gasteiger partial charge in [0.05, 0.1) is 5.69 Å². The summed E-state index contributed by atoms with van der Waals surface area (Å²) < 4.78 is 2.70. The van der Waals surface area contributed by atoms with Crippen molar-refractivity contribution in [1.82, 2.24) is 30.2 Å². The molecule has 0 unspecified atom stereocenters. The quantitative estimate of drug-likeness (QED) is 0.649. The number of aromatic nitrogens is 6. The minimum Gasteiger partial charge on any atom is -0.241 e. The lowest BCUT2D eigenvalue weighted by molar-refractivity contribution is 0.745. The van der Waals surface area contributed by atoms with Crippen LogP contribution in [0.3, 0.4) is 0 Å². The van der Waals surface area contributed by atoms with Gasteiger partial charge in [-0.1, -0.05) is 29.8 Å². The topological polar surface area (TPSA) is 69.4 Å². The average Bonchev–Trinajstić information content (AvgIpc) is 2.96. The second kappa shape index (κ2) is 6.53. The zero-order valence-electron chi connectivity index (χ0n) is 12.0. The normalized spacial score (nSPS) is 11.1. The van der Waals surface area contributed by atoms with Crippen molar-refractivity contribution in [2.45, 2.75) is 29.9 Å². The van der Waals surface area contributed by atoms with Crippen molar-refractivity contribution in [3.63, 3.8) is 0 Å². The first-order chi connectivity index (χ1) is 10.6. The Bertz CT molecular complexity index is 771. The van der Waals surface area contributed by atoms with Crippen molar-refractivity contribution >= 4 is 27.7 Å². The molecule has 6 nitrogen and oxygen atoms in total. The second-order valence-electron chi connectivity index (χ2n) is 4.86. The van der Waals surface area contributed by atoms with Gasteiger partial charge >= 0.3 is 0 Å². The Balaban J connectivity index is 1.89. The van der Waals surface area contributed by atoms with Gasteiger partial charge in [-0.2, -0.15) is 4.68 Å². The third-order valence-corrected chi connectivity index (χ3v) is 4.28. The van der Waals surface area contributed by atoms with Gasteiger partial charge in [0, 0.05) is 16.6 Å². The van der Waals surface area contributed by atoms with E-state index < -0.39 is 0 Å². The van der Waals surface area contributed by atoms with Gasteiger partial charge in [0.1, 0.15) is 10.9 Å². The summed E-state index contributed by atoms with van der Waals surface area (Å²) in [6, 6.07) is 9.66. The van der Waals surface area contributed by atoms with Crippen molar-refractivity contribution in [2.75, 3.05) is 0 Å². The number of hydrogen-bond acceptors (Lipinski definition) is 6. The number of nitrogens with zero attached hydrogens (tertiary/aromatic N) is 6. The lowest BCUT2D eigenvalue weighted by Gasteiger charge is -2.06. The van der Waals surface area contributed by atoms with Crippen LogP contribution in [0.1, 0.15) is 25.6 Å². The standard InChI is InChI=1S/C14H13BrN6S/c1-9(2)13-16-8-7-12(17-13)22-14-18-19-20-21(14)11-5-3-10(15)4-6-11/h3-9H,1-2H3. The van der Waals surface area contributed by atoms with Gasteiger partial charge in [0.2, 0.25) is 5.16 Å². The fourth-order valence-electron chi connectivity index (χ4n) is 1.77. The maximum atomic E-state index is 4.53. The van der Waals surface area contributed by atoms with E-state index in [1.165, 1.54) is 11.8 Å². The lowest BCUT2D eigenvalue weighted by Crippen LogP contribution is -2.00. The Labute approximate surface area is 140 Å². The van der Waals surface area contributed by atoms with Crippen molar-refractivity contribution in [1.29, 1.82) is 0 Å². The highest BCUT2D eigenvalue weighted by Gasteiger charge is 2.12. The van der Waals surface area contributed by atoms with E-state index in [2.05, 4.69) is 55.3 Å². The van der Waals surface area contributed by atoms with Crippen LogP contribution >= 0.6 is 27.7 Å². The smallest absolute Gasteiger partial charge is 0.220 e. The van der Waals surface area contributed by atoms with Gasteiger partial charge in [-0.05, 0) is 52.5 Å². The summed E-state index contributed by atoms with van der Waals surface area (Å²) in [4.78, 5) is 8.80. The molecular weight excluding hydrogens is 364 g/mol. The lowest BCUT2D eigenvalue weighted by atomic mass is 10.2. The molecule has 3 aromatic rings. The van der Waals surface area contributed by atoms with E-state index in [9.17, 15) is 0 Å². The fraction of sp³-hybridized carbons (Fsp3) is 0.214. The number of hydrogen-bond donors (Lipinski definition) is 0. The summed E-state index contributed by atoms with van der Waals surface area (Å²) in [5.41, 5.74) is 0.897. The third kappa shape index (κ3) is 3.33. The van der Waals surface area contributed by atoms with Crippen LogP contribution < -0.4 is 0 Å². The molecule has 0 aliphatic heterocycles. The van der Waals surface area contributed by atoms with Crippen molar-refractivity contribution in [2.24, 2.45) is 0 Å². The molecule has 0 fully saturated rings. The molecule has 0 radical (unpaired) electrons. The number of tetrazole rings is 1. The summed E-state index contributed by atoms with van der Waals surface area (Å²) >= 11 is 4.83. The molecular formula is C14H13BrN6S. The molecule has 0 amide bonds. The van der Waals surface area contributed by atoms with Crippen LogP contribution in [-0.4, -0.2) is 30.2 Å². The molecule has 0 spiro atoms. The van der Waals surface area contributed by atoms with Crippen LogP contribution in [0.5, 0.6) is 0 Å². The Morgan fingerprint density at radius 2 is 1.91 bits per heavy atom. The molecule has 0 atom stereocenters. The summed E-state index contributed by atoms with van der Waals surface area (Å²) in [6.45, 7) is 4.13. The predicted octanol–water partition coefficient (Wildman–Crippen LogP) is 3.49. The molecule has 0 N–H and O–H groups in total. The maximum Gasteiger partial charge on any atom is 0.220 e. The average molecular weight is 377 g/mol. The molecule has 3 rings (SSSR count). The van der Waals surface area contributed by atoms with Crippen LogP contribution in [0.15, 0.2) is 51.2 Å². The Hall–Kier alpha value is -1.80. The van der Waals surface area contributed by atoms with E-state index in [-0.39, 0.29) is 5.92 Å². The van der Waals surface area contributed by atoms with E-state index in [0.29, 0.717) is 5.16 Å². The Morgan fingerprint density at radius 1 is 1.14 bits per heavy atom. The number of halogens is 1. The van der Waals surface area contributed by atoms with Crippen LogP contribution in [0.25, 0.3) is 5.69 Å². The van der Waals surface area contributed by atoms with E-state index >= 15 is 0 Å². The first-order valence-electron chi connectivity index (χ1n) is 6.68. The SMILES string of the molecule is CC(C)c1nccc(Sc2nnnn2-c2ccc(Br)cc2)n1. The number of benzene rings is 1. The van der Waals surface area contributed by atoms with Gasteiger partial charge < -0.3 is 0 Å². The van der Waals surface area contributed by atoms with Crippen molar-refractivity contribution in [3.05, 3.63) is 46.8 Å². The van der Waals surface area contributed by atoms with Crippen molar-refractivity contribution < 1.29 is 0 Å². The van der Waals surface area contributed by atoms with E-state index in [1.807, 2.05) is 30.3 Å². The largest absolute Gasteiger partial charge is 0.241 e. The van der Waals surface area contributed by atoms with Crippen LogP contribution in [0.2, 0.25) is 0 Å². The molecule has 2 heterocycles. The molecule has 0 aliphatic rings. The molecule has 0 saturated heterocycles.